The van der Waals surface area contributed by atoms with Gasteiger partial charge in [0.1, 0.15) is 0 Å². The van der Waals surface area contributed by atoms with Gasteiger partial charge in [-0.05, 0) is 42.2 Å². The molecule has 90 valence electrons. The van der Waals surface area contributed by atoms with E-state index in [4.69, 9.17) is 10.5 Å². The van der Waals surface area contributed by atoms with Gasteiger partial charge >= 0.3 is 0 Å². The molecule has 1 aromatic heterocycles. The first-order valence-corrected chi connectivity index (χ1v) is 5.93. The molecule has 1 aromatic rings. The maximum absolute atomic E-state index is 5.46. The number of tetrazole rings is 1. The van der Waals surface area contributed by atoms with Gasteiger partial charge in [-0.25, -0.2) is 4.68 Å². The van der Waals surface area contributed by atoms with Gasteiger partial charge in [-0.1, -0.05) is 0 Å². The lowest BCUT2D eigenvalue weighted by Crippen LogP contribution is -2.12. The van der Waals surface area contributed by atoms with Crippen LogP contribution in [0.3, 0.4) is 0 Å². The number of hydrogen-bond acceptors (Lipinski definition) is 5. The molecule has 0 aromatic carbocycles. The minimum Gasteiger partial charge on any atom is -0.381 e. The lowest BCUT2D eigenvalue weighted by molar-refractivity contribution is 0.185. The molecule has 6 nitrogen and oxygen atoms in total. The van der Waals surface area contributed by atoms with Gasteiger partial charge in [-0.3, -0.25) is 0 Å². The van der Waals surface area contributed by atoms with Crippen molar-refractivity contribution in [1.82, 2.24) is 20.2 Å². The maximum atomic E-state index is 5.46. The summed E-state index contributed by atoms with van der Waals surface area (Å²) in [6, 6.07) is 0. The third-order valence-electron chi connectivity index (χ3n) is 2.93. The Morgan fingerprint density at radius 1 is 1.44 bits per heavy atom. The SMILES string of the molecule is NCCCCn1nnnc1CC1CCOC1. The minimum absolute atomic E-state index is 0.583. The molecule has 1 fully saturated rings. The average Bonchev–Trinajstić information content (AvgIpc) is 2.92. The lowest BCUT2D eigenvalue weighted by atomic mass is 10.1. The number of unbranched alkanes of at least 4 members (excludes halogenated alkanes) is 1. The Morgan fingerprint density at radius 3 is 3.12 bits per heavy atom. The second kappa shape index (κ2) is 5.91. The molecule has 1 atom stereocenters. The summed E-state index contributed by atoms with van der Waals surface area (Å²) in [5.74, 6) is 1.56. The predicted octanol–water partition coefficient (Wildman–Crippen LogP) is -0.00900. The van der Waals surface area contributed by atoms with Crippen molar-refractivity contribution in [2.45, 2.75) is 32.2 Å². The normalized spacial score (nSPS) is 20.4. The van der Waals surface area contributed by atoms with E-state index in [0.29, 0.717) is 5.92 Å². The number of nitrogens with zero attached hydrogens (tertiary/aromatic N) is 4. The van der Waals surface area contributed by atoms with Gasteiger partial charge in [-0.15, -0.1) is 5.10 Å². The van der Waals surface area contributed by atoms with Crippen molar-refractivity contribution in [3.8, 4) is 0 Å². The summed E-state index contributed by atoms with van der Waals surface area (Å²) in [7, 11) is 0. The Balaban J connectivity index is 1.85. The van der Waals surface area contributed by atoms with Crippen molar-refractivity contribution in [3.05, 3.63) is 5.82 Å². The molecule has 1 unspecified atom stereocenters. The number of aromatic nitrogens is 4. The van der Waals surface area contributed by atoms with Crippen molar-refractivity contribution in [2.24, 2.45) is 11.7 Å². The van der Waals surface area contributed by atoms with E-state index in [0.717, 1.165) is 57.8 Å². The summed E-state index contributed by atoms with van der Waals surface area (Å²) in [6.45, 7) is 3.32. The molecule has 0 spiro atoms. The van der Waals surface area contributed by atoms with Crippen LogP contribution >= 0.6 is 0 Å². The maximum Gasteiger partial charge on any atom is 0.151 e. The standard InChI is InChI=1S/C10H19N5O/c11-4-1-2-5-15-10(12-13-14-15)7-9-3-6-16-8-9/h9H,1-8,11H2. The summed E-state index contributed by atoms with van der Waals surface area (Å²) in [5, 5.41) is 11.8. The van der Waals surface area contributed by atoms with Crippen LogP contribution in [0.15, 0.2) is 0 Å². The summed E-state index contributed by atoms with van der Waals surface area (Å²) >= 11 is 0. The highest BCUT2D eigenvalue weighted by Crippen LogP contribution is 2.16. The van der Waals surface area contributed by atoms with Gasteiger partial charge in [0.15, 0.2) is 5.82 Å². The molecule has 0 aliphatic carbocycles. The molecule has 1 aliphatic heterocycles. The Morgan fingerprint density at radius 2 is 2.38 bits per heavy atom. The quantitative estimate of drug-likeness (QED) is 0.689. The van der Waals surface area contributed by atoms with E-state index in [1.165, 1.54) is 0 Å². The van der Waals surface area contributed by atoms with Crippen LogP contribution in [0, 0.1) is 5.92 Å². The molecule has 0 bridgehead atoms. The lowest BCUT2D eigenvalue weighted by Gasteiger charge is -2.07. The van der Waals surface area contributed by atoms with Crippen LogP contribution in [0.25, 0.3) is 0 Å². The zero-order valence-corrected chi connectivity index (χ0v) is 9.51. The van der Waals surface area contributed by atoms with Crippen molar-refractivity contribution < 1.29 is 4.74 Å². The zero-order chi connectivity index (χ0) is 11.2. The Labute approximate surface area is 95.1 Å². The van der Waals surface area contributed by atoms with E-state index >= 15 is 0 Å². The number of ether oxygens (including phenoxy) is 1. The van der Waals surface area contributed by atoms with E-state index in [1.807, 2.05) is 4.68 Å². The molecule has 1 aliphatic rings. The average molecular weight is 225 g/mol. The van der Waals surface area contributed by atoms with Crippen LogP contribution in [0.1, 0.15) is 25.1 Å². The summed E-state index contributed by atoms with van der Waals surface area (Å²) in [6.07, 6.45) is 4.10. The molecule has 2 rings (SSSR count). The van der Waals surface area contributed by atoms with Crippen LogP contribution in [0.2, 0.25) is 0 Å². The first-order chi connectivity index (χ1) is 7.90. The molecular weight excluding hydrogens is 206 g/mol. The van der Waals surface area contributed by atoms with Crippen LogP contribution < -0.4 is 5.73 Å². The largest absolute Gasteiger partial charge is 0.381 e. The fourth-order valence-electron chi connectivity index (χ4n) is 1.95. The fourth-order valence-corrected chi connectivity index (χ4v) is 1.95. The Kier molecular flexibility index (Phi) is 4.24. The molecule has 2 N–H and O–H groups in total. The number of rotatable bonds is 6. The van der Waals surface area contributed by atoms with Crippen molar-refractivity contribution in [2.75, 3.05) is 19.8 Å². The molecule has 16 heavy (non-hydrogen) atoms. The first-order valence-electron chi connectivity index (χ1n) is 5.93. The van der Waals surface area contributed by atoms with Gasteiger partial charge < -0.3 is 10.5 Å². The highest BCUT2D eigenvalue weighted by Gasteiger charge is 2.19. The van der Waals surface area contributed by atoms with Crippen molar-refractivity contribution >= 4 is 0 Å². The second-order valence-electron chi connectivity index (χ2n) is 4.25. The highest BCUT2D eigenvalue weighted by atomic mass is 16.5. The van der Waals surface area contributed by atoms with Gasteiger partial charge in [0.25, 0.3) is 0 Å². The third-order valence-corrected chi connectivity index (χ3v) is 2.93. The molecule has 0 saturated carbocycles. The van der Waals surface area contributed by atoms with Gasteiger partial charge in [-0.2, -0.15) is 0 Å². The molecule has 6 heteroatoms. The summed E-state index contributed by atoms with van der Waals surface area (Å²) in [4.78, 5) is 0. The highest BCUT2D eigenvalue weighted by molar-refractivity contribution is 4.85. The Bertz CT molecular complexity index is 308. The molecule has 0 radical (unpaired) electrons. The first kappa shape index (κ1) is 11.5. The van der Waals surface area contributed by atoms with Gasteiger partial charge in [0.05, 0.1) is 0 Å². The van der Waals surface area contributed by atoms with Gasteiger partial charge in [0, 0.05) is 26.2 Å². The third kappa shape index (κ3) is 2.99. The monoisotopic (exact) mass is 225 g/mol. The van der Waals surface area contributed by atoms with Crippen LogP contribution in [0.4, 0.5) is 0 Å². The Hall–Kier alpha value is -1.01. The fraction of sp³-hybridized carbons (Fsp3) is 0.900. The molecule has 0 amide bonds. The number of aryl methyl sites for hydroxylation is 1. The molecule has 1 saturated heterocycles. The van der Waals surface area contributed by atoms with E-state index < -0.39 is 0 Å². The number of nitrogens with two attached hydrogens (primary N) is 1. The molecule has 2 heterocycles. The second-order valence-corrected chi connectivity index (χ2v) is 4.25. The predicted molar refractivity (Wildman–Crippen MR) is 58.7 cm³/mol. The van der Waals surface area contributed by atoms with E-state index in [2.05, 4.69) is 15.5 Å². The zero-order valence-electron chi connectivity index (χ0n) is 9.51. The smallest absolute Gasteiger partial charge is 0.151 e. The molecular formula is C10H19N5O. The topological polar surface area (TPSA) is 78.9 Å². The van der Waals surface area contributed by atoms with Crippen LogP contribution in [0.5, 0.6) is 0 Å². The van der Waals surface area contributed by atoms with E-state index in [9.17, 15) is 0 Å². The van der Waals surface area contributed by atoms with E-state index in [1.54, 1.807) is 0 Å². The summed E-state index contributed by atoms with van der Waals surface area (Å²) < 4.78 is 7.25. The van der Waals surface area contributed by atoms with Gasteiger partial charge in [0.2, 0.25) is 0 Å². The van der Waals surface area contributed by atoms with Crippen molar-refractivity contribution in [1.29, 1.82) is 0 Å². The summed E-state index contributed by atoms with van der Waals surface area (Å²) in [5.41, 5.74) is 5.46. The van der Waals surface area contributed by atoms with E-state index in [-0.39, 0.29) is 0 Å². The van der Waals surface area contributed by atoms with Crippen LogP contribution in [-0.4, -0.2) is 40.0 Å². The number of hydrogen-bond donors (Lipinski definition) is 1. The van der Waals surface area contributed by atoms with Crippen LogP contribution in [-0.2, 0) is 17.7 Å². The van der Waals surface area contributed by atoms with Crippen molar-refractivity contribution in [3.63, 3.8) is 0 Å². The minimum atomic E-state index is 0.583.